The molecule has 0 aliphatic carbocycles. The van der Waals surface area contributed by atoms with Gasteiger partial charge in [0, 0.05) is 6.08 Å². The normalized spacial score (nSPS) is 12.0. The summed E-state index contributed by atoms with van der Waals surface area (Å²) in [6.45, 7) is 0.345. The molecule has 1 N–H and O–H groups in total. The molecule has 166 valence electrons. The summed E-state index contributed by atoms with van der Waals surface area (Å²) in [6, 6.07) is 17.5. The molecule has 0 atom stereocenters. The number of ketones is 1. The van der Waals surface area contributed by atoms with E-state index in [1.165, 1.54) is 30.8 Å². The highest BCUT2D eigenvalue weighted by atomic mass is 32.1. The highest BCUT2D eigenvalue weighted by Gasteiger charge is 2.06. The number of thiazole rings is 1. The number of H-pyrrole nitrogens is 1. The lowest BCUT2D eigenvalue weighted by atomic mass is 10.1. The Kier molecular flexibility index (Phi) is 6.66. The molecule has 0 unspecified atom stereocenters. The first-order chi connectivity index (χ1) is 16.0. The van der Waals surface area contributed by atoms with Crippen LogP contribution in [0.3, 0.4) is 0 Å². The third kappa shape index (κ3) is 5.55. The van der Waals surface area contributed by atoms with Crippen LogP contribution in [0.25, 0.3) is 12.2 Å². The van der Waals surface area contributed by atoms with Gasteiger partial charge in [-0.2, -0.15) is 0 Å². The van der Waals surface area contributed by atoms with Crippen molar-refractivity contribution in [1.29, 1.82) is 0 Å². The standard InChI is InChI=1S/C25H19NO6S/c1-30-25(29)18-8-4-17(5-9-18)15-32-19-10-6-16(7-11-19)13-22-24(28)26-23(33-22)14-20(27)21-3-2-12-31-21/h2-14H,15H2,1H3,(H,26,28)/b22-13-,23-14-. The van der Waals surface area contributed by atoms with E-state index in [4.69, 9.17) is 9.15 Å². The number of carbonyl (C=O) groups excluding carboxylic acids is 2. The van der Waals surface area contributed by atoms with Crippen molar-refractivity contribution < 1.29 is 23.5 Å². The number of carbonyl (C=O) groups is 2. The fourth-order valence-electron chi connectivity index (χ4n) is 2.97. The van der Waals surface area contributed by atoms with E-state index in [0.29, 0.717) is 27.1 Å². The zero-order chi connectivity index (χ0) is 23.2. The predicted octanol–water partition coefficient (Wildman–Crippen LogP) is 2.89. The second-order valence-corrected chi connectivity index (χ2v) is 8.04. The Bertz CT molecular complexity index is 1430. The lowest BCUT2D eigenvalue weighted by molar-refractivity contribution is 0.0600. The van der Waals surface area contributed by atoms with Crippen LogP contribution in [-0.2, 0) is 11.3 Å². The van der Waals surface area contributed by atoms with Crippen LogP contribution >= 0.6 is 11.3 Å². The fourth-order valence-corrected chi connectivity index (χ4v) is 3.85. The van der Waals surface area contributed by atoms with Crippen LogP contribution < -0.4 is 19.5 Å². The number of methoxy groups -OCH3 is 1. The monoisotopic (exact) mass is 461 g/mol. The Morgan fingerprint density at radius 3 is 2.48 bits per heavy atom. The molecule has 0 bridgehead atoms. The van der Waals surface area contributed by atoms with Crippen molar-refractivity contribution in [2.45, 2.75) is 6.61 Å². The number of Topliss-reactive ketones (excluding diaryl/α,β-unsaturated/α-hetero) is 1. The van der Waals surface area contributed by atoms with Gasteiger partial charge in [0.2, 0.25) is 5.78 Å². The van der Waals surface area contributed by atoms with Crippen LogP contribution in [0.2, 0.25) is 0 Å². The summed E-state index contributed by atoms with van der Waals surface area (Å²) in [4.78, 5) is 38.5. The van der Waals surface area contributed by atoms with Gasteiger partial charge >= 0.3 is 5.97 Å². The first kappa shape index (κ1) is 22.0. The van der Waals surface area contributed by atoms with Gasteiger partial charge in [0.25, 0.3) is 5.56 Å². The lowest BCUT2D eigenvalue weighted by Gasteiger charge is -2.07. The SMILES string of the molecule is COC(=O)c1ccc(COc2ccc(/C=c3\s/c(=C\C(=O)c4ccco4)[nH]c3=O)cc2)cc1. The highest BCUT2D eigenvalue weighted by molar-refractivity contribution is 7.07. The van der Waals surface area contributed by atoms with Crippen molar-refractivity contribution in [2.75, 3.05) is 7.11 Å². The van der Waals surface area contributed by atoms with Crippen LogP contribution in [-0.4, -0.2) is 23.8 Å². The minimum Gasteiger partial charge on any atom is -0.489 e. The molecule has 2 aromatic carbocycles. The quantitative estimate of drug-likeness (QED) is 0.336. The Balaban J connectivity index is 1.43. The van der Waals surface area contributed by atoms with E-state index >= 15 is 0 Å². The second kappa shape index (κ2) is 9.97. The van der Waals surface area contributed by atoms with E-state index in [-0.39, 0.29) is 23.1 Å². The van der Waals surface area contributed by atoms with Gasteiger partial charge in [-0.25, -0.2) is 4.79 Å². The Hall–Kier alpha value is -4.17. The minimum absolute atomic E-state index is 0.213. The van der Waals surface area contributed by atoms with E-state index in [1.807, 2.05) is 36.4 Å². The molecule has 0 saturated heterocycles. The molecule has 0 aliphatic rings. The van der Waals surface area contributed by atoms with E-state index in [0.717, 1.165) is 11.1 Å². The van der Waals surface area contributed by atoms with Crippen molar-refractivity contribution in [3.8, 4) is 5.75 Å². The van der Waals surface area contributed by atoms with Gasteiger partial charge in [0.05, 0.1) is 28.1 Å². The number of hydrogen-bond acceptors (Lipinski definition) is 7. The summed E-state index contributed by atoms with van der Waals surface area (Å²) >= 11 is 1.19. The van der Waals surface area contributed by atoms with E-state index in [2.05, 4.69) is 9.72 Å². The van der Waals surface area contributed by atoms with Gasteiger partial charge in [-0.05, 0) is 53.6 Å². The molecule has 33 heavy (non-hydrogen) atoms. The number of aromatic amines is 1. The van der Waals surface area contributed by atoms with Crippen molar-refractivity contribution in [1.82, 2.24) is 4.98 Å². The Morgan fingerprint density at radius 2 is 1.82 bits per heavy atom. The molecule has 8 heteroatoms. The van der Waals surface area contributed by atoms with E-state index in [9.17, 15) is 14.4 Å². The maximum absolute atomic E-state index is 12.2. The van der Waals surface area contributed by atoms with Crippen molar-refractivity contribution in [2.24, 2.45) is 0 Å². The summed E-state index contributed by atoms with van der Waals surface area (Å²) in [5.74, 6) is 0.186. The average Bonchev–Trinajstić information content (AvgIpc) is 3.49. The number of hydrogen-bond donors (Lipinski definition) is 1. The van der Waals surface area contributed by atoms with Crippen LogP contribution in [0.1, 0.15) is 32.0 Å². The van der Waals surface area contributed by atoms with Gasteiger partial charge in [-0.3, -0.25) is 9.59 Å². The molecular weight excluding hydrogens is 442 g/mol. The number of benzene rings is 2. The first-order valence-electron chi connectivity index (χ1n) is 9.92. The van der Waals surface area contributed by atoms with Crippen LogP contribution in [0, 0.1) is 0 Å². The zero-order valence-corrected chi connectivity index (χ0v) is 18.4. The van der Waals surface area contributed by atoms with Gasteiger partial charge in [-0.1, -0.05) is 24.3 Å². The molecule has 4 aromatic rings. The molecule has 4 rings (SSSR count). The number of nitrogens with one attached hydrogen (secondary N) is 1. The topological polar surface area (TPSA) is 98.6 Å². The molecule has 7 nitrogen and oxygen atoms in total. The summed E-state index contributed by atoms with van der Waals surface area (Å²) in [6.07, 6.45) is 4.51. The van der Waals surface area contributed by atoms with Crippen LogP contribution in [0.4, 0.5) is 0 Å². The Morgan fingerprint density at radius 1 is 1.06 bits per heavy atom. The van der Waals surface area contributed by atoms with E-state index < -0.39 is 0 Å². The summed E-state index contributed by atoms with van der Waals surface area (Å²) in [7, 11) is 1.34. The Labute approximate surface area is 192 Å². The first-order valence-corrected chi connectivity index (χ1v) is 10.7. The van der Waals surface area contributed by atoms with Crippen molar-refractivity contribution >= 4 is 35.2 Å². The predicted molar refractivity (Wildman–Crippen MR) is 124 cm³/mol. The molecule has 0 saturated carbocycles. The maximum atomic E-state index is 12.2. The lowest BCUT2D eigenvalue weighted by Crippen LogP contribution is -2.19. The van der Waals surface area contributed by atoms with Crippen molar-refractivity contribution in [3.05, 3.63) is 109 Å². The molecule has 0 fully saturated rings. The smallest absolute Gasteiger partial charge is 0.337 e. The van der Waals surface area contributed by atoms with Gasteiger partial charge in [-0.15, -0.1) is 11.3 Å². The number of aromatic nitrogens is 1. The number of esters is 1. The highest BCUT2D eigenvalue weighted by Crippen LogP contribution is 2.15. The number of ether oxygens (including phenoxy) is 2. The maximum Gasteiger partial charge on any atom is 0.337 e. The minimum atomic E-state index is -0.381. The number of furan rings is 1. The fraction of sp³-hybridized carbons (Fsp3) is 0.0800. The van der Waals surface area contributed by atoms with E-state index in [1.54, 1.807) is 30.3 Å². The molecular formula is C25H19NO6S. The van der Waals surface area contributed by atoms with Crippen LogP contribution in [0.15, 0.2) is 76.1 Å². The second-order valence-electron chi connectivity index (χ2n) is 6.96. The van der Waals surface area contributed by atoms with Gasteiger partial charge < -0.3 is 18.9 Å². The molecule has 2 heterocycles. The average molecular weight is 461 g/mol. The van der Waals surface area contributed by atoms with Crippen molar-refractivity contribution in [3.63, 3.8) is 0 Å². The van der Waals surface area contributed by atoms with Gasteiger partial charge in [0.1, 0.15) is 12.4 Å². The third-order valence-electron chi connectivity index (χ3n) is 4.67. The van der Waals surface area contributed by atoms with Gasteiger partial charge in [0.15, 0.2) is 5.76 Å². The molecule has 0 spiro atoms. The molecule has 0 amide bonds. The third-order valence-corrected chi connectivity index (χ3v) is 5.63. The summed E-state index contributed by atoms with van der Waals surface area (Å²) < 4.78 is 16.5. The largest absolute Gasteiger partial charge is 0.489 e. The summed E-state index contributed by atoms with van der Waals surface area (Å²) in [5.41, 5.74) is 1.95. The zero-order valence-electron chi connectivity index (χ0n) is 17.6. The molecule has 0 radical (unpaired) electrons. The van der Waals surface area contributed by atoms with Crippen LogP contribution in [0.5, 0.6) is 5.75 Å². The molecule has 2 aromatic heterocycles. The molecule has 0 aliphatic heterocycles. The number of rotatable bonds is 7. The summed E-state index contributed by atoms with van der Waals surface area (Å²) in [5, 5.41) is 0.